The number of benzene rings is 2. The molecule has 1 aliphatic carbocycles. The summed E-state index contributed by atoms with van der Waals surface area (Å²) in [6.45, 7) is 11.7. The van der Waals surface area contributed by atoms with Gasteiger partial charge in [-0.2, -0.15) is 0 Å². The van der Waals surface area contributed by atoms with E-state index in [0.717, 1.165) is 66.1 Å². The molecule has 0 saturated heterocycles. The second-order valence-electron chi connectivity index (χ2n) is 12.4. The van der Waals surface area contributed by atoms with E-state index in [0.29, 0.717) is 12.3 Å². The number of hydrogen-bond acceptors (Lipinski definition) is 6. The molecule has 0 unspecified atom stereocenters. The van der Waals surface area contributed by atoms with Crippen molar-refractivity contribution in [2.45, 2.75) is 126 Å². The molecule has 1 heterocycles. The molecule has 1 aliphatic heterocycles. The van der Waals surface area contributed by atoms with Crippen molar-refractivity contribution in [3.8, 4) is 5.75 Å². The predicted molar refractivity (Wildman–Crippen MR) is 161 cm³/mol. The maximum absolute atomic E-state index is 13.6. The van der Waals surface area contributed by atoms with Crippen LogP contribution in [0.4, 0.5) is 0 Å². The van der Waals surface area contributed by atoms with Gasteiger partial charge in [-0.1, -0.05) is 56.5 Å². The van der Waals surface area contributed by atoms with Crippen LogP contribution in [0.5, 0.6) is 5.75 Å². The average Bonchev–Trinajstić information content (AvgIpc) is 3.14. The van der Waals surface area contributed by atoms with Crippen molar-refractivity contribution >= 4 is 29.5 Å². The Morgan fingerprint density at radius 3 is 2.12 bits per heavy atom. The summed E-state index contributed by atoms with van der Waals surface area (Å²) in [5.41, 5.74) is -1.05. The van der Waals surface area contributed by atoms with Crippen LogP contribution in [0.3, 0.4) is 0 Å². The minimum absolute atomic E-state index is 0.203. The van der Waals surface area contributed by atoms with Crippen LogP contribution < -0.4 is 4.74 Å². The van der Waals surface area contributed by atoms with E-state index in [1.807, 2.05) is 49.9 Å². The van der Waals surface area contributed by atoms with E-state index >= 15 is 0 Å². The Balaban J connectivity index is 1.37. The number of aliphatic imine (C=N–C) groups is 1. The molecule has 40 heavy (non-hydrogen) atoms. The van der Waals surface area contributed by atoms with E-state index in [9.17, 15) is 9.59 Å². The molecule has 1 fully saturated rings. The fourth-order valence-electron chi connectivity index (χ4n) is 5.17. The van der Waals surface area contributed by atoms with E-state index in [2.05, 4.69) is 31.2 Å². The molecule has 2 aromatic rings. The average molecular weight is 565 g/mol. The number of carbonyl (C=O) groups is 2. The summed E-state index contributed by atoms with van der Waals surface area (Å²) in [6.07, 6.45) is 8.16. The van der Waals surface area contributed by atoms with Crippen molar-refractivity contribution in [3.63, 3.8) is 0 Å². The van der Waals surface area contributed by atoms with Gasteiger partial charge in [0.2, 0.25) is 0 Å². The van der Waals surface area contributed by atoms with Crippen molar-refractivity contribution in [3.05, 3.63) is 54.1 Å². The van der Waals surface area contributed by atoms with Gasteiger partial charge in [0.1, 0.15) is 22.7 Å². The quantitative estimate of drug-likeness (QED) is 0.274. The van der Waals surface area contributed by atoms with Crippen molar-refractivity contribution in [2.24, 2.45) is 4.99 Å². The molecular weight excluding hydrogens is 520 g/mol. The minimum atomic E-state index is -1.09. The maximum Gasteiger partial charge on any atom is 0.350 e. The molecule has 0 bridgehead atoms. The standard InChI is InChI=1S/C33H44N2O4S/c1-7-8-12-28-34-33(21-10-9-11-22-33)29(36)35(28)23-24-13-17-26(18-14-24)40-27-19-15-25(16-20-27)38-32(5,6)30(37)39-31(2,3)4/h13-20H,7-12,21-23H2,1-6H3. The molecule has 0 atom stereocenters. The fraction of sp³-hybridized carbons (Fsp3) is 0.545. The molecule has 0 radical (unpaired) electrons. The second kappa shape index (κ2) is 12.4. The summed E-state index contributed by atoms with van der Waals surface area (Å²) in [6, 6.07) is 16.2. The number of nitrogens with zero attached hydrogens (tertiary/aromatic N) is 2. The van der Waals surface area contributed by atoms with Crippen LogP contribution in [0.15, 0.2) is 63.3 Å². The molecule has 6 nitrogen and oxygen atoms in total. The SMILES string of the molecule is CCCCC1=NC2(CCCCC2)C(=O)N1Cc1ccc(Sc2ccc(OC(C)(C)C(=O)OC(C)(C)C)cc2)cc1. The highest BCUT2D eigenvalue weighted by Gasteiger charge is 2.48. The van der Waals surface area contributed by atoms with Crippen LogP contribution in [0.2, 0.25) is 0 Å². The van der Waals surface area contributed by atoms with Crippen molar-refractivity contribution in [1.29, 1.82) is 0 Å². The number of rotatable bonds is 10. The van der Waals surface area contributed by atoms with Gasteiger partial charge in [0, 0.05) is 16.2 Å². The normalized spacial score (nSPS) is 17.2. The van der Waals surface area contributed by atoms with E-state index in [1.54, 1.807) is 25.6 Å². The Labute approximate surface area is 243 Å². The molecule has 216 valence electrons. The van der Waals surface area contributed by atoms with Gasteiger partial charge in [0.15, 0.2) is 5.60 Å². The number of amidine groups is 1. The smallest absolute Gasteiger partial charge is 0.350 e. The highest BCUT2D eigenvalue weighted by molar-refractivity contribution is 7.99. The van der Waals surface area contributed by atoms with Crippen LogP contribution in [-0.2, 0) is 20.9 Å². The van der Waals surface area contributed by atoms with Gasteiger partial charge in [-0.25, -0.2) is 4.79 Å². The molecule has 1 amide bonds. The first-order valence-electron chi connectivity index (χ1n) is 14.6. The zero-order chi connectivity index (χ0) is 29.0. The first-order valence-corrected chi connectivity index (χ1v) is 15.4. The van der Waals surface area contributed by atoms with Gasteiger partial charge in [-0.05, 0) is 95.8 Å². The summed E-state index contributed by atoms with van der Waals surface area (Å²) in [5.74, 6) is 1.40. The molecular formula is C33H44N2O4S. The Bertz CT molecular complexity index is 1210. The first-order chi connectivity index (χ1) is 18.9. The van der Waals surface area contributed by atoms with Crippen molar-refractivity contribution in [1.82, 2.24) is 4.90 Å². The third kappa shape index (κ3) is 7.48. The zero-order valence-electron chi connectivity index (χ0n) is 24.9. The fourth-order valence-corrected chi connectivity index (χ4v) is 5.99. The van der Waals surface area contributed by atoms with Crippen LogP contribution in [0, 0.1) is 0 Å². The molecule has 4 rings (SSSR count). The highest BCUT2D eigenvalue weighted by atomic mass is 32.2. The summed E-state index contributed by atoms with van der Waals surface area (Å²) >= 11 is 1.66. The van der Waals surface area contributed by atoms with Gasteiger partial charge < -0.3 is 9.47 Å². The van der Waals surface area contributed by atoms with Crippen LogP contribution in [0.1, 0.15) is 98.5 Å². The van der Waals surface area contributed by atoms with E-state index in [1.165, 1.54) is 6.42 Å². The van der Waals surface area contributed by atoms with Gasteiger partial charge in [0.05, 0.1) is 6.54 Å². The first kappa shape index (κ1) is 30.2. The summed E-state index contributed by atoms with van der Waals surface area (Å²) < 4.78 is 11.4. The summed E-state index contributed by atoms with van der Waals surface area (Å²) in [5, 5.41) is 0. The van der Waals surface area contributed by atoms with Crippen LogP contribution in [-0.4, -0.2) is 39.4 Å². The number of ether oxygens (including phenoxy) is 2. The highest BCUT2D eigenvalue weighted by Crippen LogP contribution is 2.39. The largest absolute Gasteiger partial charge is 0.476 e. The Morgan fingerprint density at radius 1 is 0.950 bits per heavy atom. The molecule has 2 aromatic carbocycles. The van der Waals surface area contributed by atoms with Crippen molar-refractivity contribution < 1.29 is 19.1 Å². The number of amides is 1. The van der Waals surface area contributed by atoms with Gasteiger partial charge >= 0.3 is 5.97 Å². The number of unbranched alkanes of at least 4 members (excludes halogenated alkanes) is 1. The Hall–Kier alpha value is -2.80. The number of hydrogen-bond donors (Lipinski definition) is 0. The number of carbonyl (C=O) groups excluding carboxylic acids is 2. The lowest BCUT2D eigenvalue weighted by atomic mass is 9.82. The molecule has 0 N–H and O–H groups in total. The summed E-state index contributed by atoms with van der Waals surface area (Å²) in [7, 11) is 0. The third-order valence-corrected chi connectivity index (χ3v) is 8.34. The Morgan fingerprint density at radius 2 is 1.55 bits per heavy atom. The maximum atomic E-state index is 13.6. The lowest BCUT2D eigenvalue weighted by Gasteiger charge is -2.29. The lowest BCUT2D eigenvalue weighted by molar-refractivity contribution is -0.170. The molecule has 7 heteroatoms. The molecule has 2 aliphatic rings. The third-order valence-electron chi connectivity index (χ3n) is 7.32. The van der Waals surface area contributed by atoms with Gasteiger partial charge in [-0.3, -0.25) is 14.7 Å². The summed E-state index contributed by atoms with van der Waals surface area (Å²) in [4.78, 5) is 35.3. The van der Waals surface area contributed by atoms with Crippen LogP contribution >= 0.6 is 11.8 Å². The predicted octanol–water partition coefficient (Wildman–Crippen LogP) is 7.97. The topological polar surface area (TPSA) is 68.2 Å². The van der Waals surface area contributed by atoms with Crippen LogP contribution in [0.25, 0.3) is 0 Å². The molecule has 1 spiro atoms. The zero-order valence-corrected chi connectivity index (χ0v) is 25.7. The monoisotopic (exact) mass is 564 g/mol. The van der Waals surface area contributed by atoms with Gasteiger partial charge in [0.25, 0.3) is 5.91 Å². The van der Waals surface area contributed by atoms with E-state index < -0.39 is 22.7 Å². The second-order valence-corrected chi connectivity index (χ2v) is 13.6. The number of esters is 1. The lowest BCUT2D eigenvalue weighted by Crippen LogP contribution is -2.43. The van der Waals surface area contributed by atoms with Gasteiger partial charge in [-0.15, -0.1) is 0 Å². The molecule has 0 aromatic heterocycles. The van der Waals surface area contributed by atoms with Crippen molar-refractivity contribution in [2.75, 3.05) is 0 Å². The van der Waals surface area contributed by atoms with E-state index in [-0.39, 0.29) is 5.91 Å². The minimum Gasteiger partial charge on any atom is -0.476 e. The van der Waals surface area contributed by atoms with E-state index in [4.69, 9.17) is 14.5 Å². The molecule has 1 saturated carbocycles. The Kier molecular flexibility index (Phi) is 9.33.